The molecule has 0 unspecified atom stereocenters. The highest BCUT2D eigenvalue weighted by molar-refractivity contribution is 5.84. The number of furan rings is 1. The van der Waals surface area contributed by atoms with Crippen LogP contribution in [0.25, 0.3) is 22.3 Å². The minimum absolute atomic E-state index is 0.0373. The number of ether oxygens (including phenoxy) is 2. The van der Waals surface area contributed by atoms with Gasteiger partial charge in [0, 0.05) is 46.0 Å². The number of hydrogen-bond donors (Lipinski definition) is 4. The zero-order valence-electron chi connectivity index (χ0n) is 25.7. The van der Waals surface area contributed by atoms with Crippen LogP contribution in [0.3, 0.4) is 0 Å². The summed E-state index contributed by atoms with van der Waals surface area (Å²) in [5.41, 5.74) is 6.59. The second-order valence-corrected chi connectivity index (χ2v) is 13.0. The minimum atomic E-state index is -1.35. The number of benzene rings is 4. The Labute approximate surface area is 266 Å². The molecule has 0 radical (unpaired) electrons. The molecule has 0 bridgehead atoms. The number of aromatic hydroxyl groups is 4. The topological polar surface area (TPSA) is 113 Å². The van der Waals surface area contributed by atoms with Gasteiger partial charge in [-0.3, -0.25) is 0 Å². The van der Waals surface area contributed by atoms with Crippen molar-refractivity contribution in [2.45, 2.75) is 51.2 Å². The van der Waals surface area contributed by atoms with Gasteiger partial charge in [0.1, 0.15) is 45.8 Å². The van der Waals surface area contributed by atoms with E-state index in [-0.39, 0.29) is 40.8 Å². The summed E-state index contributed by atoms with van der Waals surface area (Å²) in [5, 5.41) is 43.9. The van der Waals surface area contributed by atoms with Crippen molar-refractivity contribution >= 4 is 11.0 Å². The van der Waals surface area contributed by atoms with Gasteiger partial charge in [-0.2, -0.15) is 0 Å². The van der Waals surface area contributed by atoms with Crippen LogP contribution in [0.5, 0.6) is 34.5 Å². The van der Waals surface area contributed by atoms with Crippen molar-refractivity contribution < 1.29 is 34.3 Å². The predicted molar refractivity (Wildman–Crippen MR) is 175 cm³/mol. The summed E-state index contributed by atoms with van der Waals surface area (Å²) in [6.07, 6.45) is 5.57. The number of phenolic OH excluding ortho intramolecular Hbond substituents is 4. The molecule has 0 amide bonds. The van der Waals surface area contributed by atoms with Crippen molar-refractivity contribution in [3.8, 4) is 45.8 Å². The van der Waals surface area contributed by atoms with Crippen molar-refractivity contribution in [1.29, 1.82) is 0 Å². The molecular formula is C39H34O7. The van der Waals surface area contributed by atoms with Crippen LogP contribution in [-0.2, 0) is 12.2 Å². The number of hydrogen-bond acceptors (Lipinski definition) is 7. The third-order valence-corrected chi connectivity index (χ3v) is 9.64. The quantitative estimate of drug-likeness (QED) is 0.150. The van der Waals surface area contributed by atoms with Crippen molar-refractivity contribution in [3.63, 3.8) is 0 Å². The zero-order chi connectivity index (χ0) is 31.9. The standard InChI is InChI=1S/C39H34O7/c1-20(2)4-5-22-14-25(7-11-31(22)42)39-38-29(28-10-9-27(41)19-35(28)45-39)12-21(3)13-30(38)37-32(43)15-24(17-36(37)46-39)33-16-23-6-8-26(40)18-34(23)44-33/h4,6-11,13-19,29-30,38,40-43H,5,12H2,1-3H3/t29-,30+,38-,39-/m0/s1. The van der Waals surface area contributed by atoms with Gasteiger partial charge in [0.15, 0.2) is 0 Å². The van der Waals surface area contributed by atoms with E-state index in [1.165, 1.54) is 5.57 Å². The number of phenols is 4. The van der Waals surface area contributed by atoms with E-state index in [0.29, 0.717) is 40.4 Å². The molecule has 0 saturated heterocycles. The summed E-state index contributed by atoms with van der Waals surface area (Å²) < 4.78 is 20.1. The summed E-state index contributed by atoms with van der Waals surface area (Å²) >= 11 is 0. The van der Waals surface area contributed by atoms with E-state index in [0.717, 1.165) is 34.1 Å². The minimum Gasteiger partial charge on any atom is -0.508 e. The zero-order valence-corrected chi connectivity index (χ0v) is 25.7. The smallest absolute Gasteiger partial charge is 0.282 e. The normalized spacial score (nSPS) is 22.5. The first-order valence-electron chi connectivity index (χ1n) is 15.5. The first-order valence-corrected chi connectivity index (χ1v) is 15.5. The molecule has 7 heteroatoms. The molecular weight excluding hydrogens is 580 g/mol. The van der Waals surface area contributed by atoms with Gasteiger partial charge in [0.25, 0.3) is 5.79 Å². The SMILES string of the molecule is CC(C)=CCc1cc([C@]23Oc4cc(O)ccc4[C@@H]4CC(C)=C[C@H](c5c(O)cc(-c6cc7ccc(O)cc7o6)cc5O2)[C@H]43)ccc1O. The molecule has 4 atom stereocenters. The van der Waals surface area contributed by atoms with Gasteiger partial charge in [0.2, 0.25) is 0 Å². The molecule has 232 valence electrons. The van der Waals surface area contributed by atoms with Crippen molar-refractivity contribution in [2.75, 3.05) is 0 Å². The van der Waals surface area contributed by atoms with Gasteiger partial charge in [0.05, 0.1) is 5.92 Å². The number of fused-ring (bicyclic) bond motifs is 5. The molecule has 3 heterocycles. The Bertz CT molecular complexity index is 2110. The molecule has 1 aliphatic carbocycles. The number of allylic oxidation sites excluding steroid dienone is 4. The van der Waals surface area contributed by atoms with Crippen LogP contribution in [0.4, 0.5) is 0 Å². The Hall–Kier alpha value is -5.30. The fourth-order valence-electron chi connectivity index (χ4n) is 7.60. The van der Waals surface area contributed by atoms with E-state index in [4.69, 9.17) is 13.9 Å². The fraction of sp³-hybridized carbons (Fsp3) is 0.231. The molecule has 4 N–H and O–H groups in total. The maximum Gasteiger partial charge on any atom is 0.282 e. The van der Waals surface area contributed by atoms with Crippen LogP contribution in [0.15, 0.2) is 101 Å². The first kappa shape index (κ1) is 28.2. The van der Waals surface area contributed by atoms with Gasteiger partial charge < -0.3 is 34.3 Å². The summed E-state index contributed by atoms with van der Waals surface area (Å²) in [6, 6.07) is 21.1. The van der Waals surface area contributed by atoms with E-state index in [9.17, 15) is 20.4 Å². The highest BCUT2D eigenvalue weighted by Crippen LogP contribution is 2.64. The van der Waals surface area contributed by atoms with Crippen LogP contribution in [-0.4, -0.2) is 20.4 Å². The van der Waals surface area contributed by atoms with Crippen molar-refractivity contribution in [3.05, 3.63) is 118 Å². The second-order valence-electron chi connectivity index (χ2n) is 13.0. The summed E-state index contributed by atoms with van der Waals surface area (Å²) in [7, 11) is 0. The Kier molecular flexibility index (Phi) is 6.19. The molecule has 5 aromatic rings. The molecule has 0 saturated carbocycles. The van der Waals surface area contributed by atoms with E-state index in [2.05, 4.69) is 19.1 Å². The Morgan fingerprint density at radius 2 is 1.63 bits per heavy atom. The summed E-state index contributed by atoms with van der Waals surface area (Å²) in [5.74, 6) is 0.0504. The highest BCUT2D eigenvalue weighted by Gasteiger charge is 2.61. The van der Waals surface area contributed by atoms with Crippen molar-refractivity contribution in [1.82, 2.24) is 0 Å². The average molecular weight is 615 g/mol. The van der Waals surface area contributed by atoms with Gasteiger partial charge in [-0.05, 0) is 99.3 Å². The lowest BCUT2D eigenvalue weighted by Gasteiger charge is -2.55. The summed E-state index contributed by atoms with van der Waals surface area (Å²) in [4.78, 5) is 0. The Morgan fingerprint density at radius 1 is 0.848 bits per heavy atom. The lowest BCUT2D eigenvalue weighted by Crippen LogP contribution is -2.56. The van der Waals surface area contributed by atoms with Gasteiger partial charge in [-0.15, -0.1) is 0 Å². The third kappa shape index (κ3) is 4.33. The second kappa shape index (κ2) is 10.1. The summed E-state index contributed by atoms with van der Waals surface area (Å²) in [6.45, 7) is 6.15. The molecule has 0 spiro atoms. The number of rotatable bonds is 4. The first-order chi connectivity index (χ1) is 22.1. The predicted octanol–water partition coefficient (Wildman–Crippen LogP) is 8.90. The van der Waals surface area contributed by atoms with Crippen LogP contribution >= 0.6 is 0 Å². The van der Waals surface area contributed by atoms with E-state index >= 15 is 0 Å². The maximum atomic E-state index is 11.7. The van der Waals surface area contributed by atoms with Crippen LogP contribution in [0, 0.1) is 5.92 Å². The molecule has 1 aromatic heterocycles. The lowest BCUT2D eigenvalue weighted by atomic mass is 9.61. The molecule has 46 heavy (non-hydrogen) atoms. The maximum absolute atomic E-state index is 11.7. The molecule has 7 nitrogen and oxygen atoms in total. The van der Waals surface area contributed by atoms with E-state index < -0.39 is 5.79 Å². The van der Waals surface area contributed by atoms with Gasteiger partial charge >= 0.3 is 0 Å². The van der Waals surface area contributed by atoms with Gasteiger partial charge in [-0.25, -0.2) is 0 Å². The molecule has 2 aliphatic heterocycles. The van der Waals surface area contributed by atoms with Crippen molar-refractivity contribution in [2.24, 2.45) is 5.92 Å². The largest absolute Gasteiger partial charge is 0.508 e. The van der Waals surface area contributed by atoms with E-state index in [1.807, 2.05) is 44.2 Å². The Morgan fingerprint density at radius 3 is 2.46 bits per heavy atom. The molecule has 8 rings (SSSR count). The molecule has 4 aromatic carbocycles. The third-order valence-electron chi connectivity index (χ3n) is 9.64. The monoisotopic (exact) mass is 614 g/mol. The van der Waals surface area contributed by atoms with E-state index in [1.54, 1.807) is 42.5 Å². The van der Waals surface area contributed by atoms with Crippen LogP contribution < -0.4 is 9.47 Å². The van der Waals surface area contributed by atoms with Gasteiger partial charge in [-0.1, -0.05) is 29.4 Å². The molecule has 0 fully saturated rings. The Balaban J connectivity index is 1.36. The average Bonchev–Trinajstić information content (AvgIpc) is 3.43. The van der Waals surface area contributed by atoms with Crippen LogP contribution in [0.1, 0.15) is 61.3 Å². The van der Waals surface area contributed by atoms with Crippen LogP contribution in [0.2, 0.25) is 0 Å². The lowest BCUT2D eigenvalue weighted by molar-refractivity contribution is -0.197. The fourth-order valence-corrected chi connectivity index (χ4v) is 7.60. The molecule has 3 aliphatic rings. The highest BCUT2D eigenvalue weighted by atomic mass is 16.7.